The lowest BCUT2D eigenvalue weighted by Gasteiger charge is -2.54. The molecule has 0 saturated heterocycles. The molecule has 1 N–H and O–H groups in total. The molecule has 0 aromatic heterocycles. The highest BCUT2D eigenvalue weighted by molar-refractivity contribution is 6.23. The number of hydrogen-bond donors (Lipinski definition) is 1. The van der Waals surface area contributed by atoms with Crippen LogP contribution in [0.15, 0.2) is 22.8 Å². The zero-order valence-electron chi connectivity index (χ0n) is 14.9. The second-order valence-electron chi connectivity index (χ2n) is 8.31. The van der Waals surface area contributed by atoms with Gasteiger partial charge in [-0.05, 0) is 37.2 Å². The van der Waals surface area contributed by atoms with E-state index in [1.54, 1.807) is 0 Å². The van der Waals surface area contributed by atoms with Crippen LogP contribution in [0.3, 0.4) is 0 Å². The van der Waals surface area contributed by atoms with E-state index in [0.29, 0.717) is 42.4 Å². The number of carbonyl (C=O) groups excluding carboxylic acids is 3. The van der Waals surface area contributed by atoms with Gasteiger partial charge < -0.3 is 5.11 Å². The van der Waals surface area contributed by atoms with Crippen LogP contribution >= 0.6 is 0 Å². The number of carbonyl (C=O) groups is 3. The molecule has 24 heavy (non-hydrogen) atoms. The van der Waals surface area contributed by atoms with Crippen molar-refractivity contribution in [3.05, 3.63) is 22.8 Å². The van der Waals surface area contributed by atoms with Crippen LogP contribution in [-0.4, -0.2) is 29.1 Å². The van der Waals surface area contributed by atoms with Crippen LogP contribution in [0.1, 0.15) is 53.4 Å². The van der Waals surface area contributed by atoms with Gasteiger partial charge in [0, 0.05) is 28.6 Å². The lowest BCUT2D eigenvalue weighted by Crippen LogP contribution is -2.55. The Labute approximate surface area is 143 Å². The van der Waals surface area contributed by atoms with E-state index >= 15 is 0 Å². The molecular weight excluding hydrogens is 304 g/mol. The maximum absolute atomic E-state index is 12.9. The van der Waals surface area contributed by atoms with Crippen LogP contribution in [0, 0.1) is 22.7 Å². The summed E-state index contributed by atoms with van der Waals surface area (Å²) < 4.78 is 0. The molecule has 3 aliphatic carbocycles. The third-order valence-electron chi connectivity index (χ3n) is 6.62. The second kappa shape index (κ2) is 5.48. The number of aliphatic hydroxyl groups is 1. The lowest BCUT2D eigenvalue weighted by molar-refractivity contribution is -0.146. The minimum Gasteiger partial charge on any atom is -0.395 e. The number of rotatable bonds is 2. The molecule has 0 aromatic carbocycles. The summed E-state index contributed by atoms with van der Waals surface area (Å²) in [5.41, 5.74) is 0.527. The van der Waals surface area contributed by atoms with E-state index in [9.17, 15) is 19.5 Å². The zero-order valence-corrected chi connectivity index (χ0v) is 14.9. The number of allylic oxidation sites excluding steroid dienone is 4. The van der Waals surface area contributed by atoms with Crippen LogP contribution < -0.4 is 0 Å². The van der Waals surface area contributed by atoms with Crippen LogP contribution in [0.5, 0.6) is 0 Å². The van der Waals surface area contributed by atoms with E-state index in [2.05, 4.69) is 0 Å². The largest absolute Gasteiger partial charge is 0.395 e. The molecule has 3 aliphatic rings. The first-order valence-corrected chi connectivity index (χ1v) is 8.85. The number of fused-ring (bicyclic) bond motifs is 2. The molecule has 0 amide bonds. The Morgan fingerprint density at radius 3 is 2.46 bits per heavy atom. The number of ketones is 3. The summed E-state index contributed by atoms with van der Waals surface area (Å²) in [6, 6.07) is 0. The van der Waals surface area contributed by atoms with E-state index in [4.69, 9.17) is 0 Å². The molecule has 0 heterocycles. The fourth-order valence-electron chi connectivity index (χ4n) is 5.16. The molecular formula is C20H26O4. The molecule has 0 radical (unpaired) electrons. The molecule has 0 unspecified atom stereocenters. The topological polar surface area (TPSA) is 71.4 Å². The van der Waals surface area contributed by atoms with Gasteiger partial charge in [-0.15, -0.1) is 0 Å². The van der Waals surface area contributed by atoms with E-state index in [0.717, 1.165) is 0 Å². The Kier molecular flexibility index (Phi) is 3.95. The Hall–Kier alpha value is -1.55. The van der Waals surface area contributed by atoms with Crippen molar-refractivity contribution in [1.82, 2.24) is 0 Å². The lowest BCUT2D eigenvalue weighted by atomic mass is 9.48. The van der Waals surface area contributed by atoms with Crippen molar-refractivity contribution in [3.8, 4) is 0 Å². The predicted octanol–water partition coefficient (Wildman–Crippen LogP) is 2.80. The molecule has 4 nitrogen and oxygen atoms in total. The Morgan fingerprint density at radius 1 is 1.21 bits per heavy atom. The van der Waals surface area contributed by atoms with Crippen LogP contribution in [-0.2, 0) is 14.4 Å². The summed E-state index contributed by atoms with van der Waals surface area (Å²) in [5, 5.41) is 9.90. The fourth-order valence-corrected chi connectivity index (χ4v) is 5.16. The van der Waals surface area contributed by atoms with Crippen molar-refractivity contribution >= 4 is 17.3 Å². The van der Waals surface area contributed by atoms with Gasteiger partial charge in [-0.25, -0.2) is 0 Å². The monoisotopic (exact) mass is 330 g/mol. The van der Waals surface area contributed by atoms with Gasteiger partial charge in [-0.1, -0.05) is 27.7 Å². The molecule has 1 saturated carbocycles. The first-order valence-electron chi connectivity index (χ1n) is 8.85. The molecule has 4 heteroatoms. The molecule has 1 fully saturated rings. The number of Topliss-reactive ketones (excluding diaryl/α,β-unsaturated/α-hetero) is 2. The first-order chi connectivity index (χ1) is 11.2. The summed E-state index contributed by atoms with van der Waals surface area (Å²) in [7, 11) is 0. The predicted molar refractivity (Wildman–Crippen MR) is 90.2 cm³/mol. The zero-order chi connectivity index (χ0) is 17.9. The molecule has 130 valence electrons. The van der Waals surface area contributed by atoms with Crippen molar-refractivity contribution in [2.75, 3.05) is 6.61 Å². The fraction of sp³-hybridized carbons (Fsp3) is 0.650. The molecule has 0 bridgehead atoms. The normalized spacial score (nSPS) is 36.7. The molecule has 0 aliphatic heterocycles. The van der Waals surface area contributed by atoms with Crippen LogP contribution in [0.4, 0.5) is 0 Å². The standard InChI is InChI=1S/C20H26O4/c1-11(2)13-9-14(22)17-12(18(13)24)5-6-15-19(17,3)8-7-16(23)20(15,4)10-21/h9,11,15,21H,5-8,10H2,1-4H3/t15-,19+,20-/m1/s1. The van der Waals surface area contributed by atoms with Gasteiger partial charge in [0.05, 0.1) is 12.0 Å². The van der Waals surface area contributed by atoms with Gasteiger partial charge in [0.1, 0.15) is 5.78 Å². The Balaban J connectivity index is 2.12. The summed E-state index contributed by atoms with van der Waals surface area (Å²) in [6.45, 7) is 7.47. The van der Waals surface area contributed by atoms with E-state index < -0.39 is 10.8 Å². The number of hydrogen-bond acceptors (Lipinski definition) is 4. The first kappa shape index (κ1) is 17.3. The minimum atomic E-state index is -0.823. The van der Waals surface area contributed by atoms with E-state index in [-0.39, 0.29) is 35.8 Å². The smallest absolute Gasteiger partial charge is 0.185 e. The maximum atomic E-state index is 12.9. The summed E-state index contributed by atoms with van der Waals surface area (Å²) in [4.78, 5) is 38.2. The van der Waals surface area contributed by atoms with Gasteiger partial charge in [0.2, 0.25) is 0 Å². The second-order valence-corrected chi connectivity index (χ2v) is 8.31. The quantitative estimate of drug-likeness (QED) is 0.790. The van der Waals surface area contributed by atoms with Crippen molar-refractivity contribution in [2.45, 2.75) is 53.4 Å². The summed E-state index contributed by atoms with van der Waals surface area (Å²) in [5.74, 6) is -0.0704. The molecule has 3 rings (SSSR count). The average Bonchev–Trinajstić information content (AvgIpc) is 2.53. The minimum absolute atomic E-state index is 0.00174. The summed E-state index contributed by atoms with van der Waals surface area (Å²) in [6.07, 6.45) is 3.62. The van der Waals surface area contributed by atoms with E-state index in [1.807, 2.05) is 27.7 Å². The molecule has 0 spiro atoms. The average molecular weight is 330 g/mol. The van der Waals surface area contributed by atoms with E-state index in [1.165, 1.54) is 6.08 Å². The van der Waals surface area contributed by atoms with Gasteiger partial charge in [0.15, 0.2) is 11.6 Å². The Bertz CT molecular complexity index is 696. The molecule has 3 atom stereocenters. The van der Waals surface area contributed by atoms with Crippen LogP contribution in [0.2, 0.25) is 0 Å². The van der Waals surface area contributed by atoms with Gasteiger partial charge in [-0.3, -0.25) is 14.4 Å². The van der Waals surface area contributed by atoms with Crippen molar-refractivity contribution in [1.29, 1.82) is 0 Å². The van der Waals surface area contributed by atoms with Gasteiger partial charge in [-0.2, -0.15) is 0 Å². The SMILES string of the molecule is CC(C)C1=CC(=O)C2=C(CC[C@H]3[C@@](C)(CO)C(=O)CC[C@]23C)C1=O. The maximum Gasteiger partial charge on any atom is 0.185 e. The van der Waals surface area contributed by atoms with Crippen molar-refractivity contribution in [2.24, 2.45) is 22.7 Å². The van der Waals surface area contributed by atoms with Crippen molar-refractivity contribution < 1.29 is 19.5 Å². The van der Waals surface area contributed by atoms with Crippen LogP contribution in [0.25, 0.3) is 0 Å². The highest BCUT2D eigenvalue weighted by Gasteiger charge is 2.58. The van der Waals surface area contributed by atoms with Crippen molar-refractivity contribution in [3.63, 3.8) is 0 Å². The third kappa shape index (κ3) is 2.12. The van der Waals surface area contributed by atoms with Gasteiger partial charge in [0.25, 0.3) is 0 Å². The summed E-state index contributed by atoms with van der Waals surface area (Å²) >= 11 is 0. The third-order valence-corrected chi connectivity index (χ3v) is 6.62. The highest BCUT2D eigenvalue weighted by Crippen LogP contribution is 2.59. The van der Waals surface area contributed by atoms with Gasteiger partial charge >= 0.3 is 0 Å². The molecule has 0 aromatic rings. The number of aliphatic hydroxyl groups excluding tert-OH is 1. The highest BCUT2D eigenvalue weighted by atomic mass is 16.3. The Morgan fingerprint density at radius 2 is 1.88 bits per heavy atom.